The Hall–Kier alpha value is -2.23. The second-order valence-corrected chi connectivity index (χ2v) is 4.73. The molecule has 0 aliphatic rings. The van der Waals surface area contributed by atoms with Gasteiger partial charge in [0.15, 0.2) is 0 Å². The van der Waals surface area contributed by atoms with Gasteiger partial charge >= 0.3 is 0 Å². The summed E-state index contributed by atoms with van der Waals surface area (Å²) in [6, 6.07) is 8.41. The third kappa shape index (κ3) is 1.89. The van der Waals surface area contributed by atoms with Crippen molar-refractivity contribution in [2.45, 2.75) is 20.8 Å². The molecule has 0 aliphatic heterocycles. The molecule has 0 atom stereocenters. The first-order chi connectivity index (χ1) is 9.06. The lowest BCUT2D eigenvalue weighted by molar-refractivity contribution is 0.628. The largest absolute Gasteiger partial charge is 0.285 e. The smallest absolute Gasteiger partial charge is 0.234 e. The molecule has 1 aromatic carbocycles. The Morgan fingerprint density at radius 1 is 1.00 bits per heavy atom. The summed E-state index contributed by atoms with van der Waals surface area (Å²) in [7, 11) is 0. The van der Waals surface area contributed by atoms with E-state index in [9.17, 15) is 4.39 Å². The molecule has 0 amide bonds. The molecule has 0 saturated carbocycles. The zero-order valence-electron chi connectivity index (χ0n) is 11.1. The number of imidazole rings is 1. The Morgan fingerprint density at radius 2 is 1.68 bits per heavy atom. The molecule has 0 fully saturated rings. The fourth-order valence-corrected chi connectivity index (χ4v) is 2.42. The van der Waals surface area contributed by atoms with Gasteiger partial charge in [0, 0.05) is 22.6 Å². The first kappa shape index (κ1) is 11.8. The van der Waals surface area contributed by atoms with Gasteiger partial charge in [0.25, 0.3) is 0 Å². The molecule has 2 heterocycles. The van der Waals surface area contributed by atoms with Crippen LogP contribution in [0.25, 0.3) is 17.0 Å². The first-order valence-corrected chi connectivity index (χ1v) is 6.15. The third-order valence-electron chi connectivity index (χ3n) is 3.25. The van der Waals surface area contributed by atoms with Gasteiger partial charge in [0.1, 0.15) is 5.82 Å². The van der Waals surface area contributed by atoms with Crippen LogP contribution < -0.4 is 0 Å². The van der Waals surface area contributed by atoms with Gasteiger partial charge in [-0.2, -0.15) is 0 Å². The Balaban J connectivity index is 2.28. The molecule has 0 bridgehead atoms. The Morgan fingerprint density at radius 3 is 2.37 bits per heavy atom. The zero-order valence-corrected chi connectivity index (χ0v) is 11.1. The average Bonchev–Trinajstić information content (AvgIpc) is 2.67. The molecule has 96 valence electrons. The molecule has 0 unspecified atom stereocenters. The highest BCUT2D eigenvalue weighted by atomic mass is 19.1. The summed E-state index contributed by atoms with van der Waals surface area (Å²) in [6.45, 7) is 5.99. The van der Waals surface area contributed by atoms with E-state index in [0.29, 0.717) is 5.78 Å². The molecular formula is C15H14FN3. The van der Waals surface area contributed by atoms with Gasteiger partial charge in [-0.15, -0.1) is 0 Å². The van der Waals surface area contributed by atoms with Gasteiger partial charge < -0.3 is 0 Å². The van der Waals surface area contributed by atoms with Crippen LogP contribution in [0.4, 0.5) is 4.39 Å². The van der Waals surface area contributed by atoms with E-state index in [0.717, 1.165) is 28.3 Å². The minimum Gasteiger partial charge on any atom is -0.285 e. The molecule has 2 aromatic heterocycles. The fourth-order valence-electron chi connectivity index (χ4n) is 2.42. The number of fused-ring (bicyclic) bond motifs is 1. The summed E-state index contributed by atoms with van der Waals surface area (Å²) in [6.07, 6.45) is 0. The van der Waals surface area contributed by atoms with E-state index in [2.05, 4.69) is 9.97 Å². The van der Waals surface area contributed by atoms with Crippen molar-refractivity contribution in [2.75, 3.05) is 0 Å². The minimum absolute atomic E-state index is 0.240. The molecule has 0 saturated heterocycles. The molecular weight excluding hydrogens is 241 g/mol. The molecule has 3 aromatic rings. The topological polar surface area (TPSA) is 30.2 Å². The predicted molar refractivity (Wildman–Crippen MR) is 72.6 cm³/mol. The summed E-state index contributed by atoms with van der Waals surface area (Å²) >= 11 is 0. The maximum atomic E-state index is 13.0. The van der Waals surface area contributed by atoms with Crippen LogP contribution in [0.3, 0.4) is 0 Å². The van der Waals surface area contributed by atoms with Crippen molar-refractivity contribution in [3.63, 3.8) is 0 Å². The predicted octanol–water partition coefficient (Wildman–Crippen LogP) is 3.46. The number of halogens is 1. The maximum Gasteiger partial charge on any atom is 0.234 e. The maximum absolute atomic E-state index is 13.0. The van der Waals surface area contributed by atoms with Crippen LogP contribution in [0.5, 0.6) is 0 Å². The Labute approximate surface area is 110 Å². The number of hydrogen-bond acceptors (Lipinski definition) is 2. The summed E-state index contributed by atoms with van der Waals surface area (Å²) in [4.78, 5) is 9.00. The van der Waals surface area contributed by atoms with Gasteiger partial charge in [0.2, 0.25) is 5.78 Å². The molecule has 0 radical (unpaired) electrons. The van der Waals surface area contributed by atoms with Gasteiger partial charge in [0.05, 0.1) is 5.69 Å². The highest BCUT2D eigenvalue weighted by Gasteiger charge is 2.13. The normalized spacial score (nSPS) is 11.2. The average molecular weight is 255 g/mol. The van der Waals surface area contributed by atoms with E-state index >= 15 is 0 Å². The van der Waals surface area contributed by atoms with Crippen molar-refractivity contribution in [3.8, 4) is 11.3 Å². The highest BCUT2D eigenvalue weighted by Crippen LogP contribution is 2.24. The van der Waals surface area contributed by atoms with Crippen molar-refractivity contribution < 1.29 is 4.39 Å². The monoisotopic (exact) mass is 255 g/mol. The molecule has 3 nitrogen and oxygen atoms in total. The van der Waals surface area contributed by atoms with Crippen LogP contribution in [0.2, 0.25) is 0 Å². The highest BCUT2D eigenvalue weighted by molar-refractivity contribution is 5.65. The molecule has 3 rings (SSSR count). The molecule has 4 heteroatoms. The Bertz CT molecular complexity index is 757. The van der Waals surface area contributed by atoms with Gasteiger partial charge in [-0.25, -0.2) is 14.4 Å². The zero-order chi connectivity index (χ0) is 13.6. The van der Waals surface area contributed by atoms with Crippen molar-refractivity contribution in [1.29, 1.82) is 0 Å². The number of aromatic nitrogens is 3. The fraction of sp³-hybridized carbons (Fsp3) is 0.200. The Kier molecular flexibility index (Phi) is 2.59. The van der Waals surface area contributed by atoms with Crippen LogP contribution in [0, 0.1) is 26.6 Å². The van der Waals surface area contributed by atoms with Crippen molar-refractivity contribution in [3.05, 3.63) is 53.2 Å². The van der Waals surface area contributed by atoms with Crippen LogP contribution in [-0.2, 0) is 0 Å². The second kappa shape index (κ2) is 4.16. The number of hydrogen-bond donors (Lipinski definition) is 0. The number of nitrogens with zero attached hydrogens (tertiary/aromatic N) is 3. The number of benzene rings is 1. The molecule has 0 spiro atoms. The van der Waals surface area contributed by atoms with E-state index in [1.807, 2.05) is 31.2 Å². The van der Waals surface area contributed by atoms with E-state index in [4.69, 9.17) is 0 Å². The third-order valence-corrected chi connectivity index (χ3v) is 3.25. The second-order valence-electron chi connectivity index (χ2n) is 4.73. The quantitative estimate of drug-likeness (QED) is 0.666. The summed E-state index contributed by atoms with van der Waals surface area (Å²) in [5.41, 5.74) is 4.82. The first-order valence-electron chi connectivity index (χ1n) is 6.15. The van der Waals surface area contributed by atoms with Crippen molar-refractivity contribution >= 4 is 5.78 Å². The van der Waals surface area contributed by atoms with E-state index in [1.54, 1.807) is 12.1 Å². The van der Waals surface area contributed by atoms with E-state index in [1.165, 1.54) is 12.1 Å². The van der Waals surface area contributed by atoms with Crippen molar-refractivity contribution in [2.24, 2.45) is 0 Å². The standard InChI is InChI=1S/C15H14FN3/c1-9-8-10(2)19-11(3)14(18-15(19)17-9)12-4-6-13(16)7-5-12/h4-8H,1-3H3. The van der Waals surface area contributed by atoms with E-state index < -0.39 is 0 Å². The van der Waals surface area contributed by atoms with Gasteiger partial charge in [-0.3, -0.25) is 4.40 Å². The SMILES string of the molecule is Cc1cc(C)n2c(C)c(-c3ccc(F)cc3)nc2n1. The minimum atomic E-state index is -0.240. The number of aryl methyl sites for hydroxylation is 3. The van der Waals surface area contributed by atoms with Crippen LogP contribution in [0.1, 0.15) is 17.1 Å². The molecule has 0 aliphatic carbocycles. The number of rotatable bonds is 1. The lowest BCUT2D eigenvalue weighted by Gasteiger charge is -2.03. The van der Waals surface area contributed by atoms with E-state index in [-0.39, 0.29) is 5.82 Å². The molecule has 19 heavy (non-hydrogen) atoms. The summed E-state index contributed by atoms with van der Waals surface area (Å²) in [5.74, 6) is 0.449. The summed E-state index contributed by atoms with van der Waals surface area (Å²) < 4.78 is 15.0. The van der Waals surface area contributed by atoms with Crippen LogP contribution >= 0.6 is 0 Å². The summed E-state index contributed by atoms with van der Waals surface area (Å²) in [5, 5.41) is 0. The van der Waals surface area contributed by atoms with Crippen molar-refractivity contribution in [1.82, 2.24) is 14.4 Å². The molecule has 0 N–H and O–H groups in total. The van der Waals surface area contributed by atoms with Crippen LogP contribution in [0.15, 0.2) is 30.3 Å². The lowest BCUT2D eigenvalue weighted by atomic mass is 10.1. The lowest BCUT2D eigenvalue weighted by Crippen LogP contribution is -1.97. The van der Waals surface area contributed by atoms with Gasteiger partial charge in [-0.05, 0) is 51.1 Å². The van der Waals surface area contributed by atoms with Gasteiger partial charge in [-0.1, -0.05) is 0 Å². The van der Waals surface area contributed by atoms with Crippen LogP contribution in [-0.4, -0.2) is 14.4 Å².